The molecular formula is C16H13N3O2S. The van der Waals surface area contributed by atoms with Crippen LogP contribution in [0.3, 0.4) is 0 Å². The fourth-order valence-electron chi connectivity index (χ4n) is 2.08. The highest BCUT2D eigenvalue weighted by molar-refractivity contribution is 7.99. The summed E-state index contributed by atoms with van der Waals surface area (Å²) >= 11 is 1.36. The first-order valence-electron chi connectivity index (χ1n) is 6.62. The predicted octanol–water partition coefficient (Wildman–Crippen LogP) is 2.96. The first kappa shape index (κ1) is 14.3. The van der Waals surface area contributed by atoms with Crippen LogP contribution in [0.25, 0.3) is 5.65 Å². The number of aromatic nitrogens is 2. The van der Waals surface area contributed by atoms with E-state index in [2.05, 4.69) is 10.1 Å². The van der Waals surface area contributed by atoms with E-state index in [9.17, 15) is 4.79 Å². The fourth-order valence-corrected chi connectivity index (χ4v) is 2.99. The van der Waals surface area contributed by atoms with Gasteiger partial charge in [0, 0.05) is 11.1 Å². The molecule has 2 aromatic heterocycles. The number of oxime groups is 1. The largest absolute Gasteiger partial charge is 0.411 e. The number of aryl methyl sites for hydroxylation is 1. The zero-order chi connectivity index (χ0) is 15.5. The number of benzene rings is 1. The summed E-state index contributed by atoms with van der Waals surface area (Å²) in [5, 5.41) is 12.4. The second-order valence-electron chi connectivity index (χ2n) is 4.73. The minimum absolute atomic E-state index is 0.259. The average Bonchev–Trinajstić information content (AvgIpc) is 2.53. The van der Waals surface area contributed by atoms with Crippen LogP contribution < -0.4 is 5.56 Å². The average molecular weight is 311 g/mol. The maximum atomic E-state index is 12.6. The van der Waals surface area contributed by atoms with E-state index in [1.54, 1.807) is 12.3 Å². The molecule has 0 unspecified atom stereocenters. The van der Waals surface area contributed by atoms with Crippen LogP contribution in [0, 0.1) is 6.92 Å². The van der Waals surface area contributed by atoms with Gasteiger partial charge in [0.2, 0.25) is 0 Å². The van der Waals surface area contributed by atoms with E-state index >= 15 is 0 Å². The molecule has 5 nitrogen and oxygen atoms in total. The molecular weight excluding hydrogens is 298 g/mol. The molecule has 0 atom stereocenters. The van der Waals surface area contributed by atoms with E-state index in [0.717, 1.165) is 16.7 Å². The Morgan fingerprint density at radius 1 is 1.23 bits per heavy atom. The molecule has 0 bridgehead atoms. The standard InChI is InChI=1S/C16H13N3O2S/c1-11-7-8-14-18-15(22-12-5-3-2-4-6-12)13(9-17-21)16(20)19(14)10-11/h2-10,21H,1H3/b17-9+. The summed E-state index contributed by atoms with van der Waals surface area (Å²) in [6.07, 6.45) is 2.85. The van der Waals surface area contributed by atoms with Crippen molar-refractivity contribution in [2.24, 2.45) is 5.16 Å². The van der Waals surface area contributed by atoms with Crippen molar-refractivity contribution >= 4 is 23.6 Å². The number of hydrogen-bond acceptors (Lipinski definition) is 5. The Labute approximate surface area is 130 Å². The van der Waals surface area contributed by atoms with Gasteiger partial charge in [0.1, 0.15) is 10.7 Å². The first-order valence-corrected chi connectivity index (χ1v) is 7.44. The Bertz CT molecular complexity index is 904. The summed E-state index contributed by atoms with van der Waals surface area (Å²) in [5.41, 5.74) is 1.51. The third-order valence-electron chi connectivity index (χ3n) is 3.12. The predicted molar refractivity (Wildman–Crippen MR) is 86.1 cm³/mol. The normalized spacial score (nSPS) is 11.3. The number of rotatable bonds is 3. The topological polar surface area (TPSA) is 67.0 Å². The van der Waals surface area contributed by atoms with E-state index in [0.29, 0.717) is 10.7 Å². The van der Waals surface area contributed by atoms with Crippen molar-refractivity contribution in [1.29, 1.82) is 0 Å². The Kier molecular flexibility index (Phi) is 3.93. The van der Waals surface area contributed by atoms with Crippen LogP contribution >= 0.6 is 11.8 Å². The lowest BCUT2D eigenvalue weighted by atomic mass is 10.3. The van der Waals surface area contributed by atoms with Crippen LogP contribution in [0.1, 0.15) is 11.1 Å². The molecule has 2 heterocycles. The van der Waals surface area contributed by atoms with Gasteiger partial charge >= 0.3 is 0 Å². The number of nitrogens with zero attached hydrogens (tertiary/aromatic N) is 3. The van der Waals surface area contributed by atoms with Crippen LogP contribution in [-0.4, -0.2) is 20.8 Å². The van der Waals surface area contributed by atoms with Gasteiger partial charge in [-0.1, -0.05) is 41.2 Å². The summed E-state index contributed by atoms with van der Waals surface area (Å²) in [5.74, 6) is 0. The summed E-state index contributed by atoms with van der Waals surface area (Å²) in [6.45, 7) is 1.90. The third kappa shape index (κ3) is 2.73. The van der Waals surface area contributed by atoms with Gasteiger partial charge < -0.3 is 5.21 Å². The maximum absolute atomic E-state index is 12.6. The fraction of sp³-hybridized carbons (Fsp3) is 0.0625. The molecule has 0 amide bonds. The van der Waals surface area contributed by atoms with Gasteiger partial charge in [-0.25, -0.2) is 4.98 Å². The molecule has 110 valence electrons. The molecule has 3 rings (SSSR count). The molecule has 22 heavy (non-hydrogen) atoms. The van der Waals surface area contributed by atoms with Crippen molar-refractivity contribution in [1.82, 2.24) is 9.38 Å². The minimum atomic E-state index is -0.259. The summed E-state index contributed by atoms with van der Waals surface area (Å²) in [4.78, 5) is 18.1. The SMILES string of the molecule is Cc1ccc2nc(Sc3ccccc3)c(/C=N/O)c(=O)n2c1. The lowest BCUT2D eigenvalue weighted by Crippen LogP contribution is -2.21. The molecule has 0 aliphatic carbocycles. The Morgan fingerprint density at radius 3 is 2.73 bits per heavy atom. The van der Waals surface area contributed by atoms with Crippen molar-refractivity contribution < 1.29 is 5.21 Å². The number of pyridine rings is 1. The highest BCUT2D eigenvalue weighted by Gasteiger charge is 2.13. The van der Waals surface area contributed by atoms with Crippen LogP contribution in [0.4, 0.5) is 0 Å². The van der Waals surface area contributed by atoms with Crippen molar-refractivity contribution in [2.45, 2.75) is 16.8 Å². The Morgan fingerprint density at radius 2 is 2.00 bits per heavy atom. The number of fused-ring (bicyclic) bond motifs is 1. The summed E-state index contributed by atoms with van der Waals surface area (Å²) in [7, 11) is 0. The summed E-state index contributed by atoms with van der Waals surface area (Å²) in [6, 6.07) is 13.3. The molecule has 0 saturated carbocycles. The molecule has 3 aromatic rings. The van der Waals surface area contributed by atoms with Crippen LogP contribution in [0.5, 0.6) is 0 Å². The van der Waals surface area contributed by atoms with E-state index in [1.165, 1.54) is 16.2 Å². The van der Waals surface area contributed by atoms with Gasteiger partial charge in [-0.3, -0.25) is 9.20 Å². The van der Waals surface area contributed by atoms with Crippen LogP contribution in [0.2, 0.25) is 0 Å². The van der Waals surface area contributed by atoms with Gasteiger partial charge in [-0.2, -0.15) is 0 Å². The molecule has 1 N–H and O–H groups in total. The van der Waals surface area contributed by atoms with E-state index < -0.39 is 0 Å². The van der Waals surface area contributed by atoms with Gasteiger partial charge in [-0.05, 0) is 30.7 Å². The molecule has 1 aromatic carbocycles. The molecule has 0 radical (unpaired) electrons. The Balaban J connectivity index is 2.22. The molecule has 0 aliphatic heterocycles. The highest BCUT2D eigenvalue weighted by Crippen LogP contribution is 2.27. The van der Waals surface area contributed by atoms with Crippen molar-refractivity contribution in [3.05, 3.63) is 70.1 Å². The molecule has 0 saturated heterocycles. The van der Waals surface area contributed by atoms with Crippen LogP contribution in [-0.2, 0) is 0 Å². The second kappa shape index (κ2) is 6.03. The molecule has 6 heteroatoms. The van der Waals surface area contributed by atoms with Crippen molar-refractivity contribution in [2.75, 3.05) is 0 Å². The molecule has 0 spiro atoms. The lowest BCUT2D eigenvalue weighted by molar-refractivity contribution is 0.321. The second-order valence-corrected chi connectivity index (χ2v) is 5.79. The smallest absolute Gasteiger partial charge is 0.267 e. The van der Waals surface area contributed by atoms with E-state index in [4.69, 9.17) is 5.21 Å². The van der Waals surface area contributed by atoms with Crippen molar-refractivity contribution in [3.63, 3.8) is 0 Å². The van der Waals surface area contributed by atoms with Gasteiger partial charge in [0.15, 0.2) is 0 Å². The van der Waals surface area contributed by atoms with Gasteiger partial charge in [0.05, 0.1) is 11.8 Å². The zero-order valence-corrected chi connectivity index (χ0v) is 12.6. The Hall–Kier alpha value is -2.60. The van der Waals surface area contributed by atoms with Gasteiger partial charge in [-0.15, -0.1) is 0 Å². The third-order valence-corrected chi connectivity index (χ3v) is 4.13. The lowest BCUT2D eigenvalue weighted by Gasteiger charge is -2.08. The first-order chi connectivity index (χ1) is 10.7. The summed E-state index contributed by atoms with van der Waals surface area (Å²) < 4.78 is 1.46. The van der Waals surface area contributed by atoms with E-state index in [1.807, 2.05) is 43.3 Å². The molecule has 0 fully saturated rings. The van der Waals surface area contributed by atoms with E-state index in [-0.39, 0.29) is 11.1 Å². The molecule has 0 aliphatic rings. The highest BCUT2D eigenvalue weighted by atomic mass is 32.2. The quantitative estimate of drug-likeness (QED) is 0.349. The monoisotopic (exact) mass is 311 g/mol. The minimum Gasteiger partial charge on any atom is -0.411 e. The van der Waals surface area contributed by atoms with Crippen LogP contribution in [0.15, 0.2) is 68.5 Å². The van der Waals surface area contributed by atoms with Crippen molar-refractivity contribution in [3.8, 4) is 0 Å². The maximum Gasteiger partial charge on any atom is 0.267 e. The van der Waals surface area contributed by atoms with Gasteiger partial charge in [0.25, 0.3) is 5.56 Å². The zero-order valence-electron chi connectivity index (χ0n) is 11.8. The number of hydrogen-bond donors (Lipinski definition) is 1.